The molecular weight excluding hydrogens is 216 g/mol. The van der Waals surface area contributed by atoms with Crippen LogP contribution >= 0.6 is 11.3 Å². The summed E-state index contributed by atoms with van der Waals surface area (Å²) in [6.07, 6.45) is 3.64. The zero-order valence-corrected chi connectivity index (χ0v) is 11.3. The largest absolute Gasteiger partial charge is 0.330 e. The van der Waals surface area contributed by atoms with Crippen molar-refractivity contribution in [1.82, 2.24) is 4.98 Å². The lowest BCUT2D eigenvalue weighted by Crippen LogP contribution is -2.12. The minimum atomic E-state index is 0.469. The second-order valence-electron chi connectivity index (χ2n) is 5.58. The highest BCUT2D eigenvalue weighted by Crippen LogP contribution is 2.59. The third-order valence-electron chi connectivity index (χ3n) is 3.69. The highest BCUT2D eigenvalue weighted by molar-refractivity contribution is 7.09. The van der Waals surface area contributed by atoms with Gasteiger partial charge >= 0.3 is 0 Å². The van der Waals surface area contributed by atoms with Crippen LogP contribution in [-0.2, 0) is 0 Å². The summed E-state index contributed by atoms with van der Waals surface area (Å²) in [6, 6.07) is 0. The van der Waals surface area contributed by atoms with E-state index in [2.05, 4.69) is 26.2 Å². The van der Waals surface area contributed by atoms with Crippen LogP contribution in [0.3, 0.4) is 0 Å². The Balaban J connectivity index is 2.07. The minimum absolute atomic E-state index is 0.469. The van der Waals surface area contributed by atoms with Crippen molar-refractivity contribution in [3.8, 4) is 0 Å². The van der Waals surface area contributed by atoms with Gasteiger partial charge in [0.1, 0.15) is 0 Å². The van der Waals surface area contributed by atoms with Crippen molar-refractivity contribution < 1.29 is 0 Å². The zero-order valence-electron chi connectivity index (χ0n) is 10.5. The van der Waals surface area contributed by atoms with Gasteiger partial charge in [0.25, 0.3) is 0 Å². The Morgan fingerprint density at radius 1 is 1.62 bits per heavy atom. The average Bonchev–Trinajstić information content (AvgIpc) is 2.69. The quantitative estimate of drug-likeness (QED) is 0.852. The molecule has 0 spiro atoms. The fraction of sp³-hybridized carbons (Fsp3) is 0.769. The minimum Gasteiger partial charge on any atom is -0.330 e. The number of hydrogen-bond acceptors (Lipinski definition) is 3. The molecule has 1 fully saturated rings. The molecule has 0 aliphatic heterocycles. The summed E-state index contributed by atoms with van der Waals surface area (Å²) >= 11 is 1.83. The molecule has 1 aliphatic rings. The number of hydrogen-bond donors (Lipinski definition) is 1. The number of aromatic nitrogens is 1. The van der Waals surface area contributed by atoms with Crippen molar-refractivity contribution in [3.05, 3.63) is 16.1 Å². The Kier molecular flexibility index (Phi) is 3.36. The van der Waals surface area contributed by atoms with Crippen molar-refractivity contribution in [2.45, 2.75) is 51.9 Å². The van der Waals surface area contributed by atoms with Gasteiger partial charge in [-0.25, -0.2) is 4.98 Å². The van der Waals surface area contributed by atoms with E-state index in [0.717, 1.165) is 13.0 Å². The maximum atomic E-state index is 5.81. The first-order valence-corrected chi connectivity index (χ1v) is 7.12. The molecule has 0 bridgehead atoms. The fourth-order valence-electron chi connectivity index (χ4n) is 2.27. The average molecular weight is 238 g/mol. The van der Waals surface area contributed by atoms with E-state index in [9.17, 15) is 0 Å². The highest BCUT2D eigenvalue weighted by Gasteiger charge is 2.48. The van der Waals surface area contributed by atoms with Gasteiger partial charge in [0.15, 0.2) is 0 Å². The first-order valence-electron chi connectivity index (χ1n) is 6.24. The standard InChI is InChI=1S/C13H22N2S/c1-4-5-9(7-14)11-8-16-12(15-11)10-6-13(10,2)3/h8-10H,4-7,14H2,1-3H3. The summed E-state index contributed by atoms with van der Waals surface area (Å²) in [7, 11) is 0. The molecule has 0 aromatic carbocycles. The maximum absolute atomic E-state index is 5.81. The molecule has 1 aromatic rings. The summed E-state index contributed by atoms with van der Waals surface area (Å²) < 4.78 is 0. The summed E-state index contributed by atoms with van der Waals surface area (Å²) in [5.41, 5.74) is 7.52. The molecule has 2 unspecified atom stereocenters. The van der Waals surface area contributed by atoms with Crippen LogP contribution in [-0.4, -0.2) is 11.5 Å². The molecular formula is C13H22N2S. The second kappa shape index (κ2) is 4.46. The van der Waals surface area contributed by atoms with Crippen molar-refractivity contribution in [3.63, 3.8) is 0 Å². The Morgan fingerprint density at radius 2 is 2.31 bits per heavy atom. The van der Waals surface area contributed by atoms with Crippen molar-refractivity contribution in [2.75, 3.05) is 6.54 Å². The summed E-state index contributed by atoms with van der Waals surface area (Å²) in [5, 5.41) is 3.55. The lowest BCUT2D eigenvalue weighted by atomic mass is 10.0. The molecule has 1 saturated carbocycles. The Hall–Kier alpha value is -0.410. The topological polar surface area (TPSA) is 38.9 Å². The van der Waals surface area contributed by atoms with Gasteiger partial charge in [-0.15, -0.1) is 11.3 Å². The summed E-state index contributed by atoms with van der Waals surface area (Å²) in [4.78, 5) is 4.80. The van der Waals surface area contributed by atoms with Gasteiger partial charge in [-0.1, -0.05) is 27.2 Å². The first-order chi connectivity index (χ1) is 7.58. The summed E-state index contributed by atoms with van der Waals surface area (Å²) in [5.74, 6) is 1.17. The molecule has 2 nitrogen and oxygen atoms in total. The molecule has 0 saturated heterocycles. The van der Waals surface area contributed by atoms with Crippen LogP contribution in [0.4, 0.5) is 0 Å². The zero-order chi connectivity index (χ0) is 11.8. The van der Waals surface area contributed by atoms with Gasteiger partial charge in [0, 0.05) is 23.8 Å². The molecule has 0 amide bonds. The van der Waals surface area contributed by atoms with E-state index in [-0.39, 0.29) is 0 Å². The van der Waals surface area contributed by atoms with Crippen molar-refractivity contribution in [2.24, 2.45) is 11.1 Å². The SMILES string of the molecule is CCCC(CN)c1csc(C2CC2(C)C)n1. The molecule has 3 heteroatoms. The smallest absolute Gasteiger partial charge is 0.0964 e. The molecule has 2 atom stereocenters. The Morgan fingerprint density at radius 3 is 2.81 bits per heavy atom. The Bertz CT molecular complexity index is 357. The van der Waals surface area contributed by atoms with E-state index in [1.807, 2.05) is 11.3 Å². The van der Waals surface area contributed by atoms with Crippen molar-refractivity contribution >= 4 is 11.3 Å². The van der Waals surface area contributed by atoms with Crippen LogP contribution in [0, 0.1) is 5.41 Å². The molecule has 0 radical (unpaired) electrons. The van der Waals surface area contributed by atoms with Crippen LogP contribution in [0.5, 0.6) is 0 Å². The van der Waals surface area contributed by atoms with Crippen molar-refractivity contribution in [1.29, 1.82) is 0 Å². The van der Waals surface area contributed by atoms with Gasteiger partial charge in [-0.05, 0) is 18.3 Å². The second-order valence-corrected chi connectivity index (χ2v) is 6.47. The van der Waals surface area contributed by atoms with Crippen LogP contribution < -0.4 is 5.73 Å². The van der Waals surface area contributed by atoms with Crippen LogP contribution in [0.1, 0.15) is 62.6 Å². The van der Waals surface area contributed by atoms with Crippen LogP contribution in [0.25, 0.3) is 0 Å². The first kappa shape index (κ1) is 12.1. The van der Waals surface area contributed by atoms with E-state index in [1.54, 1.807) is 0 Å². The van der Waals surface area contributed by atoms with Gasteiger partial charge in [0.05, 0.1) is 10.7 Å². The highest BCUT2D eigenvalue weighted by atomic mass is 32.1. The van der Waals surface area contributed by atoms with Crippen LogP contribution in [0.2, 0.25) is 0 Å². The van der Waals surface area contributed by atoms with Gasteiger partial charge in [0.2, 0.25) is 0 Å². The maximum Gasteiger partial charge on any atom is 0.0964 e. The van der Waals surface area contributed by atoms with E-state index in [1.165, 1.54) is 23.5 Å². The number of nitrogens with zero attached hydrogens (tertiary/aromatic N) is 1. The van der Waals surface area contributed by atoms with E-state index in [4.69, 9.17) is 10.7 Å². The molecule has 1 aromatic heterocycles. The van der Waals surface area contributed by atoms with E-state index in [0.29, 0.717) is 17.3 Å². The predicted octanol–water partition coefficient (Wildman–Crippen LogP) is 3.50. The molecule has 2 rings (SSSR count). The lowest BCUT2D eigenvalue weighted by molar-refractivity contribution is 0.599. The van der Waals surface area contributed by atoms with Crippen LogP contribution in [0.15, 0.2) is 5.38 Å². The third kappa shape index (κ3) is 2.30. The molecule has 90 valence electrons. The third-order valence-corrected chi connectivity index (χ3v) is 4.67. The van der Waals surface area contributed by atoms with E-state index < -0.39 is 0 Å². The number of thiazole rings is 1. The van der Waals surface area contributed by atoms with E-state index >= 15 is 0 Å². The molecule has 1 heterocycles. The van der Waals surface area contributed by atoms with Gasteiger partial charge < -0.3 is 5.73 Å². The normalized spacial score (nSPS) is 24.4. The molecule has 16 heavy (non-hydrogen) atoms. The fourth-order valence-corrected chi connectivity index (χ4v) is 3.48. The monoisotopic (exact) mass is 238 g/mol. The molecule has 2 N–H and O–H groups in total. The van der Waals surface area contributed by atoms with Gasteiger partial charge in [-0.3, -0.25) is 0 Å². The molecule has 1 aliphatic carbocycles. The number of rotatable bonds is 5. The van der Waals surface area contributed by atoms with Gasteiger partial charge in [-0.2, -0.15) is 0 Å². The Labute approximate surface area is 102 Å². The number of nitrogens with two attached hydrogens (primary N) is 1. The summed E-state index contributed by atoms with van der Waals surface area (Å²) in [6.45, 7) is 7.58. The predicted molar refractivity (Wildman–Crippen MR) is 70.0 cm³/mol. The lowest BCUT2D eigenvalue weighted by Gasteiger charge is -2.09.